The van der Waals surface area contributed by atoms with Crippen molar-refractivity contribution in [3.63, 3.8) is 0 Å². The number of nitrogens with zero attached hydrogens (tertiary/aromatic N) is 1. The molecule has 0 N–H and O–H groups in total. The van der Waals surface area contributed by atoms with E-state index < -0.39 is 0 Å². The van der Waals surface area contributed by atoms with Gasteiger partial charge in [0.2, 0.25) is 0 Å². The Morgan fingerprint density at radius 2 is 2.07 bits per heavy atom. The smallest absolute Gasteiger partial charge is 0.119 e. The zero-order chi connectivity index (χ0) is 10.8. The molecule has 0 aliphatic heterocycles. The molecule has 1 aromatic heterocycles. The molecule has 1 aromatic carbocycles. The van der Waals surface area contributed by atoms with Gasteiger partial charge in [0.1, 0.15) is 5.75 Å². The van der Waals surface area contributed by atoms with Gasteiger partial charge in [-0.05, 0) is 43.0 Å². The van der Waals surface area contributed by atoms with Gasteiger partial charge < -0.3 is 4.74 Å². The summed E-state index contributed by atoms with van der Waals surface area (Å²) in [5.74, 6) is 0.898. The molecule has 0 unspecified atom stereocenters. The normalized spacial score (nSPS) is 10.6. The fourth-order valence-corrected chi connectivity index (χ4v) is 1.79. The Balaban J connectivity index is 2.69. The molecule has 0 saturated carbocycles. The maximum absolute atomic E-state index is 5.22. The van der Waals surface area contributed by atoms with E-state index in [-0.39, 0.29) is 0 Å². The SMILES string of the molecule is CCc1cc2cc(OC)ccc2c(C)n1. The second kappa shape index (κ2) is 3.89. The monoisotopic (exact) mass is 201 g/mol. The first-order valence-corrected chi connectivity index (χ1v) is 5.19. The van der Waals surface area contributed by atoms with E-state index in [1.54, 1.807) is 7.11 Å². The zero-order valence-electron chi connectivity index (χ0n) is 9.37. The van der Waals surface area contributed by atoms with Gasteiger partial charge in [0.15, 0.2) is 0 Å². The molecule has 0 atom stereocenters. The van der Waals surface area contributed by atoms with E-state index in [0.29, 0.717) is 0 Å². The molecule has 2 aromatic rings. The third-order valence-electron chi connectivity index (χ3n) is 2.64. The molecule has 0 radical (unpaired) electrons. The van der Waals surface area contributed by atoms with E-state index in [2.05, 4.69) is 30.1 Å². The number of rotatable bonds is 2. The molecule has 0 spiro atoms. The molecule has 0 fully saturated rings. The first-order chi connectivity index (χ1) is 7.24. The summed E-state index contributed by atoms with van der Waals surface area (Å²) < 4.78 is 5.22. The van der Waals surface area contributed by atoms with Crippen molar-refractivity contribution < 1.29 is 4.74 Å². The molecular weight excluding hydrogens is 186 g/mol. The van der Waals surface area contributed by atoms with E-state index >= 15 is 0 Å². The lowest BCUT2D eigenvalue weighted by molar-refractivity contribution is 0.415. The number of pyridine rings is 1. The molecule has 0 aliphatic rings. The number of aryl methyl sites for hydroxylation is 2. The van der Waals surface area contributed by atoms with Crippen LogP contribution in [0, 0.1) is 6.92 Å². The van der Waals surface area contributed by atoms with Crippen LogP contribution in [0.2, 0.25) is 0 Å². The molecule has 0 amide bonds. The number of aromatic nitrogens is 1. The van der Waals surface area contributed by atoms with Gasteiger partial charge in [0.25, 0.3) is 0 Å². The summed E-state index contributed by atoms with van der Waals surface area (Å²) in [5.41, 5.74) is 2.22. The second-order valence-electron chi connectivity index (χ2n) is 3.64. The Labute approximate surface area is 89.9 Å². The molecule has 0 saturated heterocycles. The molecule has 2 nitrogen and oxygen atoms in total. The third kappa shape index (κ3) is 1.80. The maximum Gasteiger partial charge on any atom is 0.119 e. The van der Waals surface area contributed by atoms with Crippen molar-refractivity contribution in [3.05, 3.63) is 35.7 Å². The average molecular weight is 201 g/mol. The highest BCUT2D eigenvalue weighted by Crippen LogP contribution is 2.23. The van der Waals surface area contributed by atoms with Crippen LogP contribution in [0.3, 0.4) is 0 Å². The number of fused-ring (bicyclic) bond motifs is 1. The van der Waals surface area contributed by atoms with Crippen molar-refractivity contribution >= 4 is 10.8 Å². The number of hydrogen-bond donors (Lipinski definition) is 0. The van der Waals surface area contributed by atoms with Crippen LogP contribution in [0.15, 0.2) is 24.3 Å². The van der Waals surface area contributed by atoms with Gasteiger partial charge in [0, 0.05) is 16.8 Å². The quantitative estimate of drug-likeness (QED) is 0.744. The Bertz CT molecular complexity index is 486. The first kappa shape index (κ1) is 9.97. The van der Waals surface area contributed by atoms with E-state index in [1.165, 1.54) is 10.8 Å². The van der Waals surface area contributed by atoms with Gasteiger partial charge in [-0.1, -0.05) is 6.92 Å². The Kier molecular flexibility index (Phi) is 2.58. The number of hydrogen-bond acceptors (Lipinski definition) is 2. The molecule has 1 heterocycles. The van der Waals surface area contributed by atoms with Crippen molar-refractivity contribution in [2.45, 2.75) is 20.3 Å². The van der Waals surface area contributed by atoms with Gasteiger partial charge in [-0.25, -0.2) is 0 Å². The van der Waals surface area contributed by atoms with Crippen LogP contribution in [-0.4, -0.2) is 12.1 Å². The second-order valence-corrected chi connectivity index (χ2v) is 3.64. The van der Waals surface area contributed by atoms with E-state index in [9.17, 15) is 0 Å². The minimum absolute atomic E-state index is 0.898. The fraction of sp³-hybridized carbons (Fsp3) is 0.308. The third-order valence-corrected chi connectivity index (χ3v) is 2.64. The predicted molar refractivity (Wildman–Crippen MR) is 62.4 cm³/mol. The van der Waals surface area contributed by atoms with E-state index in [1.807, 2.05) is 13.0 Å². The fourth-order valence-electron chi connectivity index (χ4n) is 1.79. The summed E-state index contributed by atoms with van der Waals surface area (Å²) in [7, 11) is 1.69. The summed E-state index contributed by atoms with van der Waals surface area (Å²) in [4.78, 5) is 4.53. The average Bonchev–Trinajstić information content (AvgIpc) is 2.28. The predicted octanol–water partition coefficient (Wildman–Crippen LogP) is 3.11. The molecular formula is C13H15NO. The van der Waals surface area contributed by atoms with Gasteiger partial charge in [-0.3, -0.25) is 4.98 Å². The van der Waals surface area contributed by atoms with E-state index in [4.69, 9.17) is 4.74 Å². The number of ether oxygens (including phenoxy) is 1. The van der Waals surface area contributed by atoms with Gasteiger partial charge >= 0.3 is 0 Å². The van der Waals surface area contributed by atoms with Gasteiger partial charge in [-0.15, -0.1) is 0 Å². The maximum atomic E-state index is 5.22. The largest absolute Gasteiger partial charge is 0.497 e. The lowest BCUT2D eigenvalue weighted by atomic mass is 10.1. The van der Waals surface area contributed by atoms with Crippen molar-refractivity contribution in [3.8, 4) is 5.75 Å². The Morgan fingerprint density at radius 1 is 1.27 bits per heavy atom. The minimum Gasteiger partial charge on any atom is -0.497 e. The lowest BCUT2D eigenvalue weighted by Crippen LogP contribution is -1.92. The van der Waals surface area contributed by atoms with Crippen LogP contribution in [0.25, 0.3) is 10.8 Å². The minimum atomic E-state index is 0.898. The molecule has 2 heteroatoms. The van der Waals surface area contributed by atoms with E-state index in [0.717, 1.165) is 23.6 Å². The molecule has 15 heavy (non-hydrogen) atoms. The summed E-state index contributed by atoms with van der Waals surface area (Å²) in [6, 6.07) is 8.23. The van der Waals surface area contributed by atoms with Crippen LogP contribution in [-0.2, 0) is 6.42 Å². The molecule has 0 bridgehead atoms. The van der Waals surface area contributed by atoms with Crippen LogP contribution >= 0.6 is 0 Å². The van der Waals surface area contributed by atoms with Gasteiger partial charge in [-0.2, -0.15) is 0 Å². The first-order valence-electron chi connectivity index (χ1n) is 5.19. The Morgan fingerprint density at radius 3 is 2.73 bits per heavy atom. The summed E-state index contributed by atoms with van der Waals surface area (Å²) in [6.07, 6.45) is 0.966. The topological polar surface area (TPSA) is 22.1 Å². The highest BCUT2D eigenvalue weighted by molar-refractivity contribution is 5.86. The highest BCUT2D eigenvalue weighted by atomic mass is 16.5. The van der Waals surface area contributed by atoms with Crippen LogP contribution in [0.5, 0.6) is 5.75 Å². The standard InChI is InChI=1S/C13H15NO/c1-4-11-7-10-8-12(15-3)5-6-13(10)9(2)14-11/h5-8H,4H2,1-3H3. The van der Waals surface area contributed by atoms with Crippen molar-refractivity contribution in [1.82, 2.24) is 4.98 Å². The van der Waals surface area contributed by atoms with Crippen molar-refractivity contribution in [1.29, 1.82) is 0 Å². The van der Waals surface area contributed by atoms with Crippen LogP contribution < -0.4 is 4.74 Å². The molecule has 0 aliphatic carbocycles. The highest BCUT2D eigenvalue weighted by Gasteiger charge is 2.02. The number of methoxy groups -OCH3 is 1. The molecule has 78 valence electrons. The van der Waals surface area contributed by atoms with Crippen LogP contribution in [0.4, 0.5) is 0 Å². The Hall–Kier alpha value is -1.57. The van der Waals surface area contributed by atoms with Crippen molar-refractivity contribution in [2.24, 2.45) is 0 Å². The molecule has 2 rings (SSSR count). The zero-order valence-corrected chi connectivity index (χ0v) is 9.37. The number of benzene rings is 1. The van der Waals surface area contributed by atoms with Gasteiger partial charge in [0.05, 0.1) is 7.11 Å². The summed E-state index contributed by atoms with van der Waals surface area (Å²) in [6.45, 7) is 4.17. The lowest BCUT2D eigenvalue weighted by Gasteiger charge is -2.06. The summed E-state index contributed by atoms with van der Waals surface area (Å²) >= 11 is 0. The van der Waals surface area contributed by atoms with Crippen LogP contribution in [0.1, 0.15) is 18.3 Å². The van der Waals surface area contributed by atoms with Crippen molar-refractivity contribution in [2.75, 3.05) is 7.11 Å². The summed E-state index contributed by atoms with van der Waals surface area (Å²) in [5, 5.41) is 2.41.